The standard InChI is InChI=1S/C21H27N3/c1-21(14-7-15-24-20(22)23-2)18-10-5-3-8-16(18)12-13-17-9-4-6-11-19(17)21/h3-6,8-11H,7,12-15H2,1-2H3,(H3,22,23,24). The van der Waals surface area contributed by atoms with Crippen molar-refractivity contribution < 1.29 is 0 Å². The number of guanidine groups is 1. The van der Waals surface area contributed by atoms with Crippen molar-refractivity contribution in [1.29, 1.82) is 0 Å². The highest BCUT2D eigenvalue weighted by Gasteiger charge is 2.33. The first kappa shape index (κ1) is 16.6. The van der Waals surface area contributed by atoms with Gasteiger partial charge in [-0.3, -0.25) is 4.99 Å². The van der Waals surface area contributed by atoms with Crippen molar-refractivity contribution >= 4 is 5.96 Å². The van der Waals surface area contributed by atoms with Crippen LogP contribution in [-0.2, 0) is 18.3 Å². The lowest BCUT2D eigenvalue weighted by atomic mass is 9.71. The Labute approximate surface area is 145 Å². The van der Waals surface area contributed by atoms with E-state index in [1.165, 1.54) is 22.3 Å². The molecule has 0 saturated heterocycles. The van der Waals surface area contributed by atoms with E-state index in [0.29, 0.717) is 5.96 Å². The van der Waals surface area contributed by atoms with Crippen LogP contribution in [0.25, 0.3) is 0 Å². The van der Waals surface area contributed by atoms with Crippen LogP contribution in [-0.4, -0.2) is 19.6 Å². The van der Waals surface area contributed by atoms with E-state index in [1.807, 2.05) is 0 Å². The molecule has 0 heterocycles. The van der Waals surface area contributed by atoms with Gasteiger partial charge in [0, 0.05) is 19.0 Å². The van der Waals surface area contributed by atoms with Gasteiger partial charge in [0.05, 0.1) is 0 Å². The van der Waals surface area contributed by atoms with E-state index in [4.69, 9.17) is 5.73 Å². The number of rotatable bonds is 4. The Balaban J connectivity index is 1.92. The molecule has 3 nitrogen and oxygen atoms in total. The molecule has 0 aliphatic heterocycles. The van der Waals surface area contributed by atoms with Gasteiger partial charge in [-0.1, -0.05) is 55.5 Å². The predicted octanol–water partition coefficient (Wildman–Crippen LogP) is 3.41. The molecule has 0 fully saturated rings. The average molecular weight is 321 g/mol. The third kappa shape index (κ3) is 3.16. The fourth-order valence-corrected chi connectivity index (χ4v) is 3.97. The molecule has 2 aromatic rings. The van der Waals surface area contributed by atoms with Gasteiger partial charge >= 0.3 is 0 Å². The summed E-state index contributed by atoms with van der Waals surface area (Å²) in [6, 6.07) is 17.9. The third-order valence-electron chi connectivity index (χ3n) is 5.29. The van der Waals surface area contributed by atoms with Crippen molar-refractivity contribution in [3.63, 3.8) is 0 Å². The first-order valence-corrected chi connectivity index (χ1v) is 8.78. The molecule has 0 saturated carbocycles. The number of benzene rings is 2. The molecule has 2 aromatic carbocycles. The van der Waals surface area contributed by atoms with E-state index in [2.05, 4.69) is 65.8 Å². The van der Waals surface area contributed by atoms with Gasteiger partial charge in [0.15, 0.2) is 5.96 Å². The molecule has 0 spiro atoms. The first-order valence-electron chi connectivity index (χ1n) is 8.78. The van der Waals surface area contributed by atoms with E-state index < -0.39 is 0 Å². The summed E-state index contributed by atoms with van der Waals surface area (Å²) in [6.45, 7) is 3.25. The summed E-state index contributed by atoms with van der Waals surface area (Å²) < 4.78 is 0. The molecule has 0 amide bonds. The summed E-state index contributed by atoms with van der Waals surface area (Å²) in [5.74, 6) is 0.516. The van der Waals surface area contributed by atoms with E-state index in [1.54, 1.807) is 7.05 Å². The molecule has 0 unspecified atom stereocenters. The SMILES string of the molecule is CN=C(N)NCCCC1(C)c2ccccc2CCc2ccccc21. The molecule has 0 radical (unpaired) electrons. The number of aliphatic imine (C=N–C) groups is 1. The molecule has 3 heteroatoms. The molecule has 1 aliphatic carbocycles. The van der Waals surface area contributed by atoms with Gasteiger partial charge in [0.1, 0.15) is 0 Å². The van der Waals surface area contributed by atoms with Gasteiger partial charge in [-0.25, -0.2) is 0 Å². The zero-order chi connectivity index (χ0) is 17.0. The van der Waals surface area contributed by atoms with Crippen LogP contribution in [0.5, 0.6) is 0 Å². The number of nitrogens with two attached hydrogens (primary N) is 1. The predicted molar refractivity (Wildman–Crippen MR) is 102 cm³/mol. The molecule has 0 bridgehead atoms. The number of nitrogens with zero attached hydrogens (tertiary/aromatic N) is 1. The largest absolute Gasteiger partial charge is 0.370 e. The Kier molecular flexibility index (Phi) is 4.89. The maximum absolute atomic E-state index is 5.74. The Morgan fingerprint density at radius 2 is 1.58 bits per heavy atom. The highest BCUT2D eigenvalue weighted by Crippen LogP contribution is 2.42. The minimum atomic E-state index is 0.0451. The molecular formula is C21H27N3. The van der Waals surface area contributed by atoms with Crippen LogP contribution in [0.3, 0.4) is 0 Å². The van der Waals surface area contributed by atoms with Crippen LogP contribution >= 0.6 is 0 Å². The van der Waals surface area contributed by atoms with Crippen LogP contribution in [0.1, 0.15) is 42.0 Å². The number of hydrogen-bond donors (Lipinski definition) is 2. The number of aryl methyl sites for hydroxylation is 2. The van der Waals surface area contributed by atoms with Gasteiger partial charge < -0.3 is 11.1 Å². The van der Waals surface area contributed by atoms with Crippen LogP contribution in [0.2, 0.25) is 0 Å². The number of fused-ring (bicyclic) bond motifs is 2. The van der Waals surface area contributed by atoms with Crippen molar-refractivity contribution in [3.8, 4) is 0 Å². The maximum atomic E-state index is 5.74. The summed E-state index contributed by atoms with van der Waals surface area (Å²) in [4.78, 5) is 3.96. The zero-order valence-corrected chi connectivity index (χ0v) is 14.7. The third-order valence-corrected chi connectivity index (χ3v) is 5.29. The molecule has 126 valence electrons. The number of hydrogen-bond acceptors (Lipinski definition) is 1. The Bertz CT molecular complexity index is 686. The van der Waals surface area contributed by atoms with Crippen molar-refractivity contribution in [2.45, 2.75) is 38.0 Å². The Morgan fingerprint density at radius 3 is 2.12 bits per heavy atom. The van der Waals surface area contributed by atoms with Crippen molar-refractivity contribution in [1.82, 2.24) is 5.32 Å². The lowest BCUT2D eigenvalue weighted by Crippen LogP contribution is -2.33. The second-order valence-corrected chi connectivity index (χ2v) is 6.79. The van der Waals surface area contributed by atoms with Crippen LogP contribution < -0.4 is 11.1 Å². The second kappa shape index (κ2) is 7.08. The van der Waals surface area contributed by atoms with Gasteiger partial charge in [-0.15, -0.1) is 0 Å². The fraction of sp³-hybridized carbons (Fsp3) is 0.381. The van der Waals surface area contributed by atoms with Crippen molar-refractivity contribution in [2.24, 2.45) is 10.7 Å². The fourth-order valence-electron chi connectivity index (χ4n) is 3.97. The van der Waals surface area contributed by atoms with Gasteiger partial charge in [-0.05, 0) is 47.9 Å². The molecule has 3 N–H and O–H groups in total. The smallest absolute Gasteiger partial charge is 0.188 e. The first-order chi connectivity index (χ1) is 11.6. The highest BCUT2D eigenvalue weighted by molar-refractivity contribution is 5.77. The normalized spacial score (nSPS) is 16.0. The summed E-state index contributed by atoms with van der Waals surface area (Å²) in [5, 5.41) is 3.18. The van der Waals surface area contributed by atoms with Crippen LogP contribution in [0.4, 0.5) is 0 Å². The Hall–Kier alpha value is -2.29. The van der Waals surface area contributed by atoms with Crippen LogP contribution in [0.15, 0.2) is 53.5 Å². The van der Waals surface area contributed by atoms with Gasteiger partial charge in [-0.2, -0.15) is 0 Å². The highest BCUT2D eigenvalue weighted by atomic mass is 15.1. The quantitative estimate of drug-likeness (QED) is 0.515. The summed E-state index contributed by atoms with van der Waals surface area (Å²) in [7, 11) is 1.71. The zero-order valence-electron chi connectivity index (χ0n) is 14.7. The average Bonchev–Trinajstić information content (AvgIpc) is 2.75. The second-order valence-electron chi connectivity index (χ2n) is 6.79. The molecule has 24 heavy (non-hydrogen) atoms. The molecule has 3 rings (SSSR count). The van der Waals surface area contributed by atoms with E-state index >= 15 is 0 Å². The monoisotopic (exact) mass is 321 g/mol. The van der Waals surface area contributed by atoms with Crippen LogP contribution in [0, 0.1) is 0 Å². The lowest BCUT2D eigenvalue weighted by molar-refractivity contribution is 0.493. The minimum absolute atomic E-state index is 0.0451. The summed E-state index contributed by atoms with van der Waals surface area (Å²) in [5.41, 5.74) is 11.7. The number of nitrogens with one attached hydrogen (secondary N) is 1. The molecule has 1 aliphatic rings. The molecular weight excluding hydrogens is 294 g/mol. The molecule has 0 aromatic heterocycles. The van der Waals surface area contributed by atoms with Crippen molar-refractivity contribution in [3.05, 3.63) is 70.8 Å². The topological polar surface area (TPSA) is 50.4 Å². The van der Waals surface area contributed by atoms with E-state index in [9.17, 15) is 0 Å². The van der Waals surface area contributed by atoms with Gasteiger partial charge in [0.25, 0.3) is 0 Å². The van der Waals surface area contributed by atoms with E-state index in [0.717, 1.165) is 32.2 Å². The van der Waals surface area contributed by atoms with E-state index in [-0.39, 0.29) is 5.41 Å². The summed E-state index contributed by atoms with van der Waals surface area (Å²) >= 11 is 0. The maximum Gasteiger partial charge on any atom is 0.188 e. The van der Waals surface area contributed by atoms with Crippen molar-refractivity contribution in [2.75, 3.05) is 13.6 Å². The minimum Gasteiger partial charge on any atom is -0.370 e. The molecule has 0 atom stereocenters. The lowest BCUT2D eigenvalue weighted by Gasteiger charge is -2.33. The van der Waals surface area contributed by atoms with Gasteiger partial charge in [0.2, 0.25) is 0 Å². The Morgan fingerprint density at radius 1 is 1.04 bits per heavy atom. The summed E-state index contributed by atoms with van der Waals surface area (Å²) in [6.07, 6.45) is 4.38.